The number of carbonyl (C=O) groups excluding carboxylic acids is 3. The monoisotopic (exact) mass is 1040 g/mol. The number of aliphatic hydroxyl groups is 3. The first-order chi connectivity index (χ1) is 35.1. The lowest BCUT2D eigenvalue weighted by Crippen LogP contribution is -2.41. The molecule has 8 heterocycles. The van der Waals surface area contributed by atoms with E-state index >= 15 is 0 Å². The molecular weight excluding hydrogens is 975 g/mol. The summed E-state index contributed by atoms with van der Waals surface area (Å²) in [6.07, 6.45) is 1.02. The number of anilines is 3. The van der Waals surface area contributed by atoms with Gasteiger partial charge in [-0.05, 0) is 29.9 Å². The van der Waals surface area contributed by atoms with Crippen molar-refractivity contribution in [2.24, 2.45) is 35.0 Å². The van der Waals surface area contributed by atoms with Gasteiger partial charge in [-0.3, -0.25) is 37.9 Å². The number of aromatic nitrogens is 9. The molecule has 0 amide bonds. The van der Waals surface area contributed by atoms with Crippen LogP contribution in [0.2, 0.25) is 0 Å². The van der Waals surface area contributed by atoms with Crippen LogP contribution in [0, 0.1) is 17.8 Å². The van der Waals surface area contributed by atoms with Crippen molar-refractivity contribution in [2.45, 2.75) is 134 Å². The van der Waals surface area contributed by atoms with Gasteiger partial charge in [0.15, 0.2) is 16.8 Å². The SMILES string of the molecule is CC(C)C(N)C(=O)OC1C[C@H](n2ccc(N)nc2=O)O[C@@H]1CO.CC(C)C(N)C(=O)OC1C[C@H](n2cnc3c(=O)[nH]c(N)nc32)O[C@@H]1CO.CC(C)C(N)C(=O)OC1C[C@H](n2cnc3c(N)ccnc32)O[C@@H]1CO. The van der Waals surface area contributed by atoms with Crippen LogP contribution in [0.15, 0.2) is 46.8 Å². The van der Waals surface area contributed by atoms with Gasteiger partial charge in [0.05, 0.1) is 38.2 Å². The second-order valence-corrected chi connectivity index (χ2v) is 18.9. The number of nitrogen functional groups attached to an aromatic ring is 3. The lowest BCUT2D eigenvalue weighted by atomic mass is 10.1. The number of pyridine rings is 1. The van der Waals surface area contributed by atoms with Gasteiger partial charge < -0.3 is 78.1 Å². The zero-order valence-corrected chi connectivity index (χ0v) is 41.7. The smallest absolute Gasteiger partial charge is 0.351 e. The Morgan fingerprint density at radius 1 is 0.635 bits per heavy atom. The highest BCUT2D eigenvalue weighted by Gasteiger charge is 2.43. The minimum absolute atomic E-state index is 0.0389. The van der Waals surface area contributed by atoms with E-state index in [2.05, 4.69) is 29.9 Å². The van der Waals surface area contributed by atoms with E-state index in [9.17, 15) is 39.3 Å². The molecule has 3 fully saturated rings. The number of aliphatic hydroxyl groups excluding tert-OH is 3. The van der Waals surface area contributed by atoms with E-state index in [0.29, 0.717) is 23.3 Å². The van der Waals surface area contributed by atoms with Gasteiger partial charge in [0.25, 0.3) is 5.56 Å². The Labute approximate surface area is 422 Å². The van der Waals surface area contributed by atoms with E-state index in [-0.39, 0.29) is 73.3 Å². The van der Waals surface area contributed by atoms with E-state index in [1.54, 1.807) is 23.2 Å². The van der Waals surface area contributed by atoms with Crippen molar-refractivity contribution in [3.8, 4) is 0 Å². The third kappa shape index (κ3) is 13.0. The van der Waals surface area contributed by atoms with Gasteiger partial charge in [-0.25, -0.2) is 19.7 Å². The first-order valence-electron chi connectivity index (χ1n) is 23.9. The summed E-state index contributed by atoms with van der Waals surface area (Å²) in [5.74, 6) is -1.75. The molecule has 5 aromatic heterocycles. The Kier molecular flexibility index (Phi) is 18.8. The van der Waals surface area contributed by atoms with E-state index < -0.39 is 103 Å². The molecule has 0 spiro atoms. The Balaban J connectivity index is 0.000000181. The van der Waals surface area contributed by atoms with Crippen molar-refractivity contribution in [3.05, 3.63) is 58.0 Å². The lowest BCUT2D eigenvalue weighted by molar-refractivity contribution is -0.156. The summed E-state index contributed by atoms with van der Waals surface area (Å²) in [6.45, 7) is 9.98. The van der Waals surface area contributed by atoms with Crippen LogP contribution in [-0.2, 0) is 42.8 Å². The number of rotatable bonds is 15. The molecule has 0 aliphatic carbocycles. The van der Waals surface area contributed by atoms with Gasteiger partial charge in [0.1, 0.15) is 84.8 Å². The molecule has 0 saturated carbocycles. The minimum Gasteiger partial charge on any atom is -0.458 e. The summed E-state index contributed by atoms with van der Waals surface area (Å²) in [4.78, 5) is 82.6. The zero-order valence-electron chi connectivity index (χ0n) is 41.7. The van der Waals surface area contributed by atoms with Crippen LogP contribution >= 0.6 is 0 Å². The lowest BCUT2D eigenvalue weighted by Gasteiger charge is -2.20. The van der Waals surface area contributed by atoms with Gasteiger partial charge in [-0.1, -0.05) is 41.5 Å². The molecule has 6 unspecified atom stereocenters. The van der Waals surface area contributed by atoms with Crippen molar-refractivity contribution >= 4 is 57.7 Å². The van der Waals surface area contributed by atoms with Crippen molar-refractivity contribution < 1.29 is 58.1 Å². The van der Waals surface area contributed by atoms with Crippen LogP contribution in [0.5, 0.6) is 0 Å². The first-order valence-corrected chi connectivity index (χ1v) is 23.9. The summed E-state index contributed by atoms with van der Waals surface area (Å²) in [7, 11) is 0. The number of esters is 3. The number of H-pyrrole nitrogens is 1. The third-order valence-corrected chi connectivity index (χ3v) is 12.6. The Morgan fingerprint density at radius 3 is 1.47 bits per heavy atom. The van der Waals surface area contributed by atoms with Crippen LogP contribution in [0.1, 0.15) is 79.5 Å². The van der Waals surface area contributed by atoms with E-state index in [1.807, 2.05) is 41.5 Å². The molecule has 0 aromatic carbocycles. The Bertz CT molecular complexity index is 2840. The number of fused-ring (bicyclic) bond motifs is 2. The quantitative estimate of drug-likeness (QED) is 0.0403. The highest BCUT2D eigenvalue weighted by atomic mass is 16.6. The second-order valence-electron chi connectivity index (χ2n) is 18.9. The predicted molar refractivity (Wildman–Crippen MR) is 262 cm³/mol. The molecule has 16 N–H and O–H groups in total. The molecule has 3 aliphatic rings. The van der Waals surface area contributed by atoms with Crippen LogP contribution < -0.4 is 45.7 Å². The van der Waals surface area contributed by atoms with Crippen LogP contribution in [0.4, 0.5) is 17.5 Å². The van der Waals surface area contributed by atoms with Crippen LogP contribution in [-0.4, -0.2) is 151 Å². The van der Waals surface area contributed by atoms with Crippen molar-refractivity contribution in [1.29, 1.82) is 0 Å². The standard InChI is InChI=1S/C16H23N5O4.C15H22N6O5.C14H22N4O5/c1-8(2)13(18)16(23)25-10-5-12(24-11(10)6-22)21-7-20-14-9(17)3-4-19-15(14)21;1-6(2)10(16)14(24)26-7-3-9(25-8(7)4-22)21-5-18-11-12(21)19-15(17)20-13(11)23;1-7(2)12(16)13(20)23-8-5-11(22-9(8)6-19)18-4-3-10(15)17-14(18)21/h3-4,7-8,10-13,22H,5-6,18H2,1-2H3,(H2,17,19);5-10,22H,3-4,16H2,1-2H3,(H3,17,19,20,23);3-4,7-9,11-12,19H,5-6,16H2,1-2H3,(H2,15,17,21)/t10?,11-,12-,13?;7?,8-,9-,10?;8?,9-,11-,12?/m111/s1. The van der Waals surface area contributed by atoms with Gasteiger partial charge in [0, 0.05) is 31.7 Å². The fourth-order valence-electron chi connectivity index (χ4n) is 7.94. The normalized spacial score (nSPS) is 24.8. The zero-order chi connectivity index (χ0) is 54.3. The topological polar surface area (TPSA) is 453 Å². The largest absolute Gasteiger partial charge is 0.458 e. The molecular formula is C45H67N15O14. The molecule has 29 heteroatoms. The summed E-state index contributed by atoms with van der Waals surface area (Å²) < 4.78 is 37.9. The molecule has 74 heavy (non-hydrogen) atoms. The van der Waals surface area contributed by atoms with Crippen molar-refractivity contribution in [3.63, 3.8) is 0 Å². The predicted octanol–water partition coefficient (Wildman–Crippen LogP) is -1.93. The first kappa shape index (κ1) is 56.6. The average Bonchev–Trinajstić information content (AvgIpc) is 4.21. The van der Waals surface area contributed by atoms with Gasteiger partial charge in [-0.15, -0.1) is 0 Å². The molecule has 3 aliphatic heterocycles. The number of nitrogens with two attached hydrogens (primary N) is 6. The average molecular weight is 1040 g/mol. The fourth-order valence-corrected chi connectivity index (χ4v) is 7.94. The Morgan fingerprint density at radius 2 is 1.05 bits per heavy atom. The molecule has 0 bridgehead atoms. The molecule has 8 rings (SSSR count). The summed E-state index contributed by atoms with van der Waals surface area (Å²) in [5, 5.41) is 28.5. The van der Waals surface area contributed by atoms with Crippen molar-refractivity contribution in [1.82, 2.24) is 43.6 Å². The summed E-state index contributed by atoms with van der Waals surface area (Å²) >= 11 is 0. The van der Waals surface area contributed by atoms with Crippen LogP contribution in [0.25, 0.3) is 22.3 Å². The van der Waals surface area contributed by atoms with E-state index in [1.165, 1.54) is 27.7 Å². The number of hydrogen-bond acceptors (Lipinski definition) is 25. The second kappa shape index (κ2) is 24.6. The van der Waals surface area contributed by atoms with Crippen molar-refractivity contribution in [2.75, 3.05) is 37.0 Å². The number of ether oxygens (including phenoxy) is 6. The number of carbonyl (C=O) groups is 3. The highest BCUT2D eigenvalue weighted by Crippen LogP contribution is 2.35. The van der Waals surface area contributed by atoms with Gasteiger partial charge in [0.2, 0.25) is 5.95 Å². The number of imidazole rings is 2. The molecule has 29 nitrogen and oxygen atoms in total. The molecule has 12 atom stereocenters. The van der Waals surface area contributed by atoms with Gasteiger partial charge in [-0.2, -0.15) is 9.97 Å². The van der Waals surface area contributed by atoms with Crippen LogP contribution in [0.3, 0.4) is 0 Å². The number of hydrogen-bond donors (Lipinski definition) is 10. The summed E-state index contributed by atoms with van der Waals surface area (Å²) in [5.41, 5.74) is 35.3. The maximum absolute atomic E-state index is 12.1. The molecule has 3 saturated heterocycles. The maximum Gasteiger partial charge on any atom is 0.351 e. The Hall–Kier alpha value is -6.70. The fraction of sp³-hybridized carbons (Fsp3) is 0.600. The van der Waals surface area contributed by atoms with E-state index in [4.69, 9.17) is 62.8 Å². The highest BCUT2D eigenvalue weighted by molar-refractivity contribution is 5.83. The molecule has 0 radical (unpaired) electrons. The number of nitrogens with one attached hydrogen (secondary N) is 1. The molecule has 5 aromatic rings. The summed E-state index contributed by atoms with van der Waals surface area (Å²) in [6, 6.07) is 0.904. The van der Waals surface area contributed by atoms with Gasteiger partial charge >= 0.3 is 23.6 Å². The van der Waals surface area contributed by atoms with E-state index in [0.717, 1.165) is 0 Å². The maximum atomic E-state index is 12.1. The third-order valence-electron chi connectivity index (χ3n) is 12.6. The number of nitrogens with zero attached hydrogens (tertiary/aromatic N) is 8. The molecule has 406 valence electrons. The minimum atomic E-state index is -0.762. The number of aromatic amines is 1.